The predicted octanol–water partition coefficient (Wildman–Crippen LogP) is 2.05. The number of ketones is 1. The molecule has 0 amide bonds. The fourth-order valence-corrected chi connectivity index (χ4v) is 1.53. The van der Waals surface area contributed by atoms with E-state index in [1.807, 2.05) is 0 Å². The molecule has 0 heterocycles. The normalized spacial score (nSPS) is 9.78. The molecule has 0 unspecified atom stereocenters. The van der Waals surface area contributed by atoms with Crippen LogP contribution < -0.4 is 14.2 Å². The van der Waals surface area contributed by atoms with E-state index in [0.717, 1.165) is 0 Å². The van der Waals surface area contributed by atoms with E-state index in [0.29, 0.717) is 11.5 Å². The van der Waals surface area contributed by atoms with E-state index in [1.54, 1.807) is 0 Å². The van der Waals surface area contributed by atoms with Gasteiger partial charge < -0.3 is 14.2 Å². The van der Waals surface area contributed by atoms with Crippen LogP contribution in [-0.2, 0) is 4.79 Å². The number of carbonyl (C=O) groups excluding carboxylic acids is 2. The van der Waals surface area contributed by atoms with Crippen molar-refractivity contribution in [2.45, 2.75) is 6.92 Å². The highest BCUT2D eigenvalue weighted by Crippen LogP contribution is 2.35. The molecule has 0 saturated heterocycles. The molecule has 1 aromatic carbocycles. The molecular formula is C12H13ClO5. The Morgan fingerprint density at radius 1 is 1.11 bits per heavy atom. The second-order valence-corrected chi connectivity index (χ2v) is 3.62. The van der Waals surface area contributed by atoms with Crippen molar-refractivity contribution < 1.29 is 23.8 Å². The molecule has 6 heteroatoms. The van der Waals surface area contributed by atoms with Crippen LogP contribution in [0.1, 0.15) is 17.3 Å². The first-order valence-electron chi connectivity index (χ1n) is 5.07. The Bertz CT molecular complexity index is 470. The highest BCUT2D eigenvalue weighted by molar-refractivity contribution is 6.30. The Balaban J connectivity index is 3.35. The topological polar surface area (TPSA) is 61.8 Å². The van der Waals surface area contributed by atoms with Gasteiger partial charge in [-0.1, -0.05) is 0 Å². The summed E-state index contributed by atoms with van der Waals surface area (Å²) in [5.41, 5.74) is 0.179. The van der Waals surface area contributed by atoms with Gasteiger partial charge >= 0.3 is 5.97 Å². The van der Waals surface area contributed by atoms with Crippen LogP contribution in [0, 0.1) is 0 Å². The highest BCUT2D eigenvalue weighted by Gasteiger charge is 2.18. The summed E-state index contributed by atoms with van der Waals surface area (Å²) in [6, 6.07) is 2.85. The fourth-order valence-electron chi connectivity index (χ4n) is 1.39. The maximum atomic E-state index is 11.7. The van der Waals surface area contributed by atoms with Crippen LogP contribution in [-0.4, -0.2) is 31.9 Å². The molecular weight excluding hydrogens is 260 g/mol. The molecule has 0 N–H and O–H groups in total. The Labute approximate surface area is 110 Å². The number of methoxy groups -OCH3 is 2. The number of rotatable bonds is 5. The molecule has 98 valence electrons. The van der Waals surface area contributed by atoms with Gasteiger partial charge in [0.15, 0.2) is 17.3 Å². The highest BCUT2D eigenvalue weighted by atomic mass is 35.5. The zero-order valence-corrected chi connectivity index (χ0v) is 11.0. The van der Waals surface area contributed by atoms with E-state index in [9.17, 15) is 9.59 Å². The van der Waals surface area contributed by atoms with Gasteiger partial charge in [0.1, 0.15) is 5.75 Å². The van der Waals surface area contributed by atoms with E-state index >= 15 is 0 Å². The van der Waals surface area contributed by atoms with E-state index in [4.69, 9.17) is 25.8 Å². The van der Waals surface area contributed by atoms with Gasteiger partial charge in [-0.2, -0.15) is 0 Å². The average Bonchev–Trinajstić information content (AvgIpc) is 2.36. The molecule has 18 heavy (non-hydrogen) atoms. The first-order valence-corrected chi connectivity index (χ1v) is 5.60. The lowest BCUT2D eigenvalue weighted by Gasteiger charge is -2.13. The van der Waals surface area contributed by atoms with Crippen molar-refractivity contribution >= 4 is 23.4 Å². The Morgan fingerprint density at radius 3 is 2.11 bits per heavy atom. The van der Waals surface area contributed by atoms with Crippen molar-refractivity contribution in [1.82, 2.24) is 0 Å². The minimum Gasteiger partial charge on any atom is -0.493 e. The number of hydrogen-bond donors (Lipinski definition) is 0. The van der Waals surface area contributed by atoms with Crippen LogP contribution in [0.2, 0.25) is 0 Å². The van der Waals surface area contributed by atoms with Crippen molar-refractivity contribution in [3.05, 3.63) is 17.7 Å². The maximum Gasteiger partial charge on any atom is 0.308 e. The summed E-state index contributed by atoms with van der Waals surface area (Å²) in [5, 5.41) is 0. The van der Waals surface area contributed by atoms with E-state index in [1.165, 1.54) is 33.3 Å². The van der Waals surface area contributed by atoms with Crippen molar-refractivity contribution in [2.24, 2.45) is 0 Å². The van der Waals surface area contributed by atoms with Crippen LogP contribution in [0.4, 0.5) is 0 Å². The third-order valence-electron chi connectivity index (χ3n) is 2.16. The minimum absolute atomic E-state index is 0.103. The lowest BCUT2D eigenvalue weighted by Crippen LogP contribution is -2.09. The largest absolute Gasteiger partial charge is 0.493 e. The number of hydrogen-bond acceptors (Lipinski definition) is 5. The first kappa shape index (κ1) is 14.3. The molecule has 5 nitrogen and oxygen atoms in total. The van der Waals surface area contributed by atoms with Gasteiger partial charge in [0.2, 0.25) is 0 Å². The number of halogens is 1. The SMILES string of the molecule is COc1cc(OC(C)=O)c(C(=O)CCl)cc1OC. The molecule has 1 rings (SSSR count). The van der Waals surface area contributed by atoms with Gasteiger partial charge in [-0.25, -0.2) is 0 Å². The molecule has 0 saturated carbocycles. The van der Waals surface area contributed by atoms with Gasteiger partial charge in [0.25, 0.3) is 0 Å². The van der Waals surface area contributed by atoms with Crippen molar-refractivity contribution in [3.63, 3.8) is 0 Å². The molecule has 1 aromatic rings. The quantitative estimate of drug-likeness (QED) is 0.355. The zero-order chi connectivity index (χ0) is 13.7. The minimum atomic E-state index is -0.536. The van der Waals surface area contributed by atoms with Crippen molar-refractivity contribution in [1.29, 1.82) is 0 Å². The number of ether oxygens (including phenoxy) is 3. The number of benzene rings is 1. The van der Waals surface area contributed by atoms with E-state index in [2.05, 4.69) is 0 Å². The fraction of sp³-hybridized carbons (Fsp3) is 0.333. The number of Topliss-reactive ketones (excluding diaryl/α,β-unsaturated/α-hetero) is 1. The van der Waals surface area contributed by atoms with Crippen LogP contribution in [0.5, 0.6) is 17.2 Å². The molecule has 0 fully saturated rings. The monoisotopic (exact) mass is 272 g/mol. The summed E-state index contributed by atoms with van der Waals surface area (Å²) < 4.78 is 15.1. The lowest BCUT2D eigenvalue weighted by atomic mass is 10.1. The number of esters is 1. The second kappa shape index (κ2) is 6.26. The third kappa shape index (κ3) is 3.13. The molecule has 0 aliphatic rings. The molecule has 0 atom stereocenters. The third-order valence-corrected chi connectivity index (χ3v) is 2.40. The summed E-state index contributed by atoms with van der Waals surface area (Å²) in [6.07, 6.45) is 0. The summed E-state index contributed by atoms with van der Waals surface area (Å²) in [7, 11) is 2.89. The molecule has 0 bridgehead atoms. The smallest absolute Gasteiger partial charge is 0.308 e. The molecule has 0 radical (unpaired) electrons. The van der Waals surface area contributed by atoms with Gasteiger partial charge in [-0.15, -0.1) is 11.6 Å². The van der Waals surface area contributed by atoms with Crippen LogP contribution in [0.15, 0.2) is 12.1 Å². The van der Waals surface area contributed by atoms with Crippen LogP contribution >= 0.6 is 11.6 Å². The standard InChI is InChI=1S/C12H13ClO5/c1-7(14)18-10-5-12(17-3)11(16-2)4-8(10)9(15)6-13/h4-5H,6H2,1-3H3. The molecule has 0 aliphatic heterocycles. The first-order chi connectivity index (χ1) is 8.53. The zero-order valence-electron chi connectivity index (χ0n) is 10.3. The summed E-state index contributed by atoms with van der Waals surface area (Å²) in [5.74, 6) is -0.295. The summed E-state index contributed by atoms with van der Waals surface area (Å²) in [4.78, 5) is 22.7. The second-order valence-electron chi connectivity index (χ2n) is 3.35. The Hall–Kier alpha value is -1.75. The number of alkyl halides is 1. The Morgan fingerprint density at radius 2 is 1.67 bits per heavy atom. The van der Waals surface area contributed by atoms with Gasteiger partial charge in [-0.05, 0) is 6.07 Å². The molecule has 0 spiro atoms. The van der Waals surface area contributed by atoms with Crippen LogP contribution in [0.3, 0.4) is 0 Å². The molecule has 0 aromatic heterocycles. The average molecular weight is 273 g/mol. The predicted molar refractivity (Wildman–Crippen MR) is 65.9 cm³/mol. The summed E-state index contributed by atoms with van der Waals surface area (Å²) in [6.45, 7) is 1.24. The van der Waals surface area contributed by atoms with Crippen molar-refractivity contribution in [3.8, 4) is 17.2 Å². The van der Waals surface area contributed by atoms with Gasteiger partial charge in [0.05, 0.1) is 25.7 Å². The molecule has 0 aliphatic carbocycles. The number of carbonyl (C=O) groups is 2. The van der Waals surface area contributed by atoms with E-state index in [-0.39, 0.29) is 23.0 Å². The Kier molecular flexibility index (Phi) is 4.97. The lowest BCUT2D eigenvalue weighted by molar-refractivity contribution is -0.131. The van der Waals surface area contributed by atoms with Crippen LogP contribution in [0.25, 0.3) is 0 Å². The summed E-state index contributed by atoms with van der Waals surface area (Å²) >= 11 is 5.50. The maximum absolute atomic E-state index is 11.7. The van der Waals surface area contributed by atoms with Gasteiger partial charge in [-0.3, -0.25) is 9.59 Å². The van der Waals surface area contributed by atoms with Gasteiger partial charge in [0, 0.05) is 13.0 Å². The van der Waals surface area contributed by atoms with E-state index < -0.39 is 5.97 Å². The van der Waals surface area contributed by atoms with Crippen molar-refractivity contribution in [2.75, 3.05) is 20.1 Å².